The molecule has 1 N–H and O–H groups in total. The zero-order chi connectivity index (χ0) is 15.3. The molecular formula is C13H17F3N2O2. The highest BCUT2D eigenvalue weighted by atomic mass is 19.4. The Bertz CT molecular complexity index is 475. The van der Waals surface area contributed by atoms with Crippen molar-refractivity contribution >= 4 is 11.8 Å². The fourth-order valence-corrected chi connectivity index (χ4v) is 1.78. The summed E-state index contributed by atoms with van der Waals surface area (Å²) in [6.45, 7) is 4.57. The van der Waals surface area contributed by atoms with Crippen molar-refractivity contribution in [3.8, 4) is 0 Å². The van der Waals surface area contributed by atoms with Gasteiger partial charge < -0.3 is 10.0 Å². The molecule has 0 unspecified atom stereocenters. The van der Waals surface area contributed by atoms with Gasteiger partial charge in [0.05, 0.1) is 0 Å². The smallest absolute Gasteiger partial charge is 0.433 e. The lowest BCUT2D eigenvalue weighted by Crippen LogP contribution is -2.28. The van der Waals surface area contributed by atoms with Crippen molar-refractivity contribution in [3.05, 3.63) is 23.4 Å². The number of pyridine rings is 1. The molecule has 0 aromatic carbocycles. The van der Waals surface area contributed by atoms with Crippen LogP contribution in [0, 0.1) is 0 Å². The minimum atomic E-state index is -4.59. The van der Waals surface area contributed by atoms with E-state index in [0.717, 1.165) is 18.9 Å². The van der Waals surface area contributed by atoms with Crippen molar-refractivity contribution in [2.45, 2.75) is 32.9 Å². The largest absolute Gasteiger partial charge is 0.478 e. The van der Waals surface area contributed by atoms with Crippen LogP contribution in [-0.2, 0) is 6.18 Å². The standard InChI is InChI=1S/C13H17F3N2O2/c1-3-5-8-18(4-2)11-9(12(19)20)6-7-10(17-11)13(14,15)16/h6-7H,3-5,8H2,1-2H3,(H,19,20). The zero-order valence-electron chi connectivity index (χ0n) is 11.4. The molecule has 4 nitrogen and oxygen atoms in total. The fraction of sp³-hybridized carbons (Fsp3) is 0.538. The van der Waals surface area contributed by atoms with Gasteiger partial charge in [-0.15, -0.1) is 0 Å². The second-order valence-electron chi connectivity index (χ2n) is 4.30. The SMILES string of the molecule is CCCCN(CC)c1nc(C(F)(F)F)ccc1C(=O)O. The molecule has 7 heteroatoms. The molecule has 0 aliphatic rings. The van der Waals surface area contributed by atoms with Crippen LogP contribution < -0.4 is 4.90 Å². The molecule has 0 amide bonds. The number of carboxylic acids is 1. The van der Waals surface area contributed by atoms with Crippen LogP contribution in [0.1, 0.15) is 42.7 Å². The molecule has 0 saturated carbocycles. The third kappa shape index (κ3) is 3.85. The van der Waals surface area contributed by atoms with Gasteiger partial charge in [-0.25, -0.2) is 9.78 Å². The van der Waals surface area contributed by atoms with Crippen LogP contribution in [0.2, 0.25) is 0 Å². The van der Waals surface area contributed by atoms with Crippen molar-refractivity contribution in [2.24, 2.45) is 0 Å². The van der Waals surface area contributed by atoms with Crippen molar-refractivity contribution < 1.29 is 23.1 Å². The van der Waals surface area contributed by atoms with E-state index in [0.29, 0.717) is 19.2 Å². The van der Waals surface area contributed by atoms with Gasteiger partial charge in [-0.1, -0.05) is 13.3 Å². The highest BCUT2D eigenvalue weighted by Gasteiger charge is 2.34. The number of hydrogen-bond donors (Lipinski definition) is 1. The monoisotopic (exact) mass is 290 g/mol. The Morgan fingerprint density at radius 3 is 2.45 bits per heavy atom. The van der Waals surface area contributed by atoms with Crippen LogP contribution in [0.5, 0.6) is 0 Å². The third-order valence-electron chi connectivity index (χ3n) is 2.86. The number of aromatic carboxylic acids is 1. The van der Waals surface area contributed by atoms with E-state index in [1.807, 2.05) is 6.92 Å². The maximum Gasteiger partial charge on any atom is 0.433 e. The summed E-state index contributed by atoms with van der Waals surface area (Å²) >= 11 is 0. The number of anilines is 1. The lowest BCUT2D eigenvalue weighted by Gasteiger charge is -2.24. The minimum Gasteiger partial charge on any atom is -0.478 e. The molecule has 112 valence electrons. The van der Waals surface area contributed by atoms with Gasteiger partial charge in [-0.3, -0.25) is 0 Å². The second kappa shape index (κ2) is 6.58. The van der Waals surface area contributed by atoms with E-state index in [4.69, 9.17) is 5.11 Å². The summed E-state index contributed by atoms with van der Waals surface area (Å²) in [6, 6.07) is 1.66. The van der Waals surface area contributed by atoms with Crippen LogP contribution in [0.3, 0.4) is 0 Å². The maximum atomic E-state index is 12.7. The molecule has 0 radical (unpaired) electrons. The number of unbranched alkanes of at least 4 members (excludes halogenated alkanes) is 1. The van der Waals surface area contributed by atoms with Gasteiger partial charge in [-0.2, -0.15) is 13.2 Å². The Labute approximate surface area is 115 Å². The maximum absolute atomic E-state index is 12.7. The summed E-state index contributed by atoms with van der Waals surface area (Å²) in [6.07, 6.45) is -2.97. The first kappa shape index (κ1) is 16.3. The van der Waals surface area contributed by atoms with Gasteiger partial charge in [0.2, 0.25) is 0 Å². The Kier molecular flexibility index (Phi) is 5.35. The topological polar surface area (TPSA) is 53.4 Å². The first-order valence-corrected chi connectivity index (χ1v) is 6.37. The van der Waals surface area contributed by atoms with E-state index in [1.54, 1.807) is 11.8 Å². The number of aromatic nitrogens is 1. The number of hydrogen-bond acceptors (Lipinski definition) is 3. The molecule has 0 bridgehead atoms. The predicted octanol–water partition coefficient (Wildman–Crippen LogP) is 3.43. The number of rotatable bonds is 6. The van der Waals surface area contributed by atoms with E-state index < -0.39 is 17.8 Å². The quantitative estimate of drug-likeness (QED) is 0.872. The lowest BCUT2D eigenvalue weighted by molar-refractivity contribution is -0.141. The molecule has 1 heterocycles. The first-order chi connectivity index (χ1) is 9.31. The number of carboxylic acid groups (broad SMARTS) is 1. The van der Waals surface area contributed by atoms with Gasteiger partial charge >= 0.3 is 12.1 Å². The van der Waals surface area contributed by atoms with Crippen LogP contribution in [0.25, 0.3) is 0 Å². The van der Waals surface area contributed by atoms with Crippen molar-refractivity contribution in [2.75, 3.05) is 18.0 Å². The van der Waals surface area contributed by atoms with Gasteiger partial charge in [0, 0.05) is 13.1 Å². The third-order valence-corrected chi connectivity index (χ3v) is 2.86. The molecular weight excluding hydrogens is 273 g/mol. The highest BCUT2D eigenvalue weighted by molar-refractivity contribution is 5.93. The number of halogens is 3. The van der Waals surface area contributed by atoms with Gasteiger partial charge in [0.25, 0.3) is 0 Å². The van der Waals surface area contributed by atoms with Crippen molar-refractivity contribution in [3.63, 3.8) is 0 Å². The lowest BCUT2D eigenvalue weighted by atomic mass is 10.2. The summed E-state index contributed by atoms with van der Waals surface area (Å²) in [5, 5.41) is 9.08. The average Bonchev–Trinajstić information content (AvgIpc) is 2.38. The van der Waals surface area contributed by atoms with E-state index in [9.17, 15) is 18.0 Å². The summed E-state index contributed by atoms with van der Waals surface area (Å²) in [5.74, 6) is -1.40. The van der Waals surface area contributed by atoms with E-state index in [-0.39, 0.29) is 11.4 Å². The van der Waals surface area contributed by atoms with Gasteiger partial charge in [-0.05, 0) is 25.5 Å². The predicted molar refractivity (Wildman–Crippen MR) is 69.0 cm³/mol. The molecule has 1 aromatic rings. The Morgan fingerprint density at radius 2 is 2.00 bits per heavy atom. The molecule has 0 fully saturated rings. The normalized spacial score (nSPS) is 11.4. The molecule has 1 aromatic heterocycles. The van der Waals surface area contributed by atoms with Gasteiger partial charge in [0.1, 0.15) is 17.1 Å². The highest BCUT2D eigenvalue weighted by Crippen LogP contribution is 2.30. The summed E-state index contributed by atoms with van der Waals surface area (Å²) in [4.78, 5) is 16.2. The average molecular weight is 290 g/mol. The van der Waals surface area contributed by atoms with E-state index in [2.05, 4.69) is 4.98 Å². The molecule has 0 atom stereocenters. The molecule has 1 rings (SSSR count). The Balaban J connectivity index is 3.26. The first-order valence-electron chi connectivity index (χ1n) is 6.37. The Hall–Kier alpha value is -1.79. The molecule has 0 saturated heterocycles. The van der Waals surface area contributed by atoms with E-state index >= 15 is 0 Å². The summed E-state index contributed by atoms with van der Waals surface area (Å²) < 4.78 is 38.1. The Morgan fingerprint density at radius 1 is 1.35 bits per heavy atom. The number of alkyl halides is 3. The molecule has 20 heavy (non-hydrogen) atoms. The summed E-state index contributed by atoms with van der Waals surface area (Å²) in [7, 11) is 0. The molecule has 0 aliphatic heterocycles. The van der Waals surface area contributed by atoms with Crippen LogP contribution in [-0.4, -0.2) is 29.1 Å². The minimum absolute atomic E-state index is 0.122. The fourth-order valence-electron chi connectivity index (χ4n) is 1.78. The van der Waals surface area contributed by atoms with Crippen LogP contribution in [0.15, 0.2) is 12.1 Å². The number of nitrogens with zero attached hydrogens (tertiary/aromatic N) is 2. The number of carbonyl (C=O) groups is 1. The van der Waals surface area contributed by atoms with Crippen LogP contribution >= 0.6 is 0 Å². The van der Waals surface area contributed by atoms with Crippen molar-refractivity contribution in [1.82, 2.24) is 4.98 Å². The zero-order valence-corrected chi connectivity index (χ0v) is 11.4. The summed E-state index contributed by atoms with van der Waals surface area (Å²) in [5.41, 5.74) is -1.29. The van der Waals surface area contributed by atoms with Crippen molar-refractivity contribution in [1.29, 1.82) is 0 Å². The van der Waals surface area contributed by atoms with Gasteiger partial charge in [0.15, 0.2) is 0 Å². The second-order valence-corrected chi connectivity index (χ2v) is 4.30. The molecule has 0 spiro atoms. The van der Waals surface area contributed by atoms with E-state index in [1.165, 1.54) is 0 Å². The van der Waals surface area contributed by atoms with Crippen LogP contribution in [0.4, 0.5) is 19.0 Å². The molecule has 0 aliphatic carbocycles.